The fraction of sp³-hybridized carbons (Fsp3) is 0.364. The third-order valence-electron chi connectivity index (χ3n) is 5.38. The molecule has 2 aromatic rings. The van der Waals surface area contributed by atoms with Gasteiger partial charge in [-0.1, -0.05) is 6.92 Å². The highest BCUT2D eigenvalue weighted by atomic mass is 32.2. The van der Waals surface area contributed by atoms with E-state index in [9.17, 15) is 44.3 Å². The van der Waals surface area contributed by atoms with Gasteiger partial charge in [-0.25, -0.2) is 8.42 Å². The Morgan fingerprint density at radius 1 is 0.971 bits per heavy atom. The number of fused-ring (bicyclic) bond motifs is 1. The molecule has 1 N–H and O–H groups in total. The van der Waals surface area contributed by atoms with Crippen LogP contribution in [0, 0.1) is 0 Å². The molecule has 190 valence electrons. The Morgan fingerprint density at radius 3 is 2.11 bits per heavy atom. The van der Waals surface area contributed by atoms with E-state index in [4.69, 9.17) is 0 Å². The molecule has 1 aliphatic heterocycles. The predicted molar refractivity (Wildman–Crippen MR) is 115 cm³/mol. The number of carbonyl (C=O) groups is 2. The number of anilines is 2. The maximum atomic E-state index is 13.0. The molecule has 2 aromatic carbocycles. The number of hydrogen-bond donors (Lipinski definition) is 1. The van der Waals surface area contributed by atoms with Gasteiger partial charge in [-0.15, -0.1) is 0 Å². The number of sulfone groups is 1. The first kappa shape index (κ1) is 26.5. The summed E-state index contributed by atoms with van der Waals surface area (Å²) in [4.78, 5) is 25.6. The van der Waals surface area contributed by atoms with Crippen molar-refractivity contribution in [1.82, 2.24) is 0 Å². The van der Waals surface area contributed by atoms with Crippen molar-refractivity contribution in [3.05, 3.63) is 53.1 Å². The number of alkyl halides is 6. The second-order valence-electron chi connectivity index (χ2n) is 7.85. The van der Waals surface area contributed by atoms with Gasteiger partial charge in [0.2, 0.25) is 11.8 Å². The number of hydrogen-bond acceptors (Lipinski definition) is 4. The van der Waals surface area contributed by atoms with Crippen molar-refractivity contribution in [2.45, 2.75) is 43.4 Å². The van der Waals surface area contributed by atoms with Crippen molar-refractivity contribution in [1.29, 1.82) is 0 Å². The van der Waals surface area contributed by atoms with Gasteiger partial charge in [-0.05, 0) is 48.4 Å². The van der Waals surface area contributed by atoms with E-state index < -0.39 is 57.1 Å². The van der Waals surface area contributed by atoms with Gasteiger partial charge in [-0.2, -0.15) is 26.3 Å². The van der Waals surface area contributed by atoms with Gasteiger partial charge in [0, 0.05) is 30.8 Å². The lowest BCUT2D eigenvalue weighted by atomic mass is 10.1. The van der Waals surface area contributed by atoms with Crippen molar-refractivity contribution in [2.24, 2.45) is 0 Å². The molecule has 0 atom stereocenters. The quantitative estimate of drug-likeness (QED) is 0.552. The first-order valence-electron chi connectivity index (χ1n) is 10.4. The highest BCUT2D eigenvalue weighted by Crippen LogP contribution is 2.37. The molecule has 0 radical (unpaired) electrons. The molecule has 2 amide bonds. The smallest absolute Gasteiger partial charge is 0.326 e. The fourth-order valence-electron chi connectivity index (χ4n) is 3.62. The lowest BCUT2D eigenvalue weighted by Crippen LogP contribution is -2.27. The monoisotopic (exact) mass is 522 g/mol. The summed E-state index contributed by atoms with van der Waals surface area (Å²) in [5.74, 6) is -1.90. The summed E-state index contributed by atoms with van der Waals surface area (Å²) in [6, 6.07) is 4.77. The Hall–Kier alpha value is -3.09. The van der Waals surface area contributed by atoms with Gasteiger partial charge in [0.25, 0.3) is 0 Å². The SMILES string of the molecule is CCC(=O)N1CCc2cc(S(=O)(=O)CCC(=O)Nc3cc(C(F)(F)F)cc(C(F)(F)F)c3)ccc21. The Morgan fingerprint density at radius 2 is 1.57 bits per heavy atom. The highest BCUT2D eigenvalue weighted by Gasteiger charge is 2.37. The van der Waals surface area contributed by atoms with Crippen LogP contribution in [0.4, 0.5) is 37.7 Å². The molecule has 0 saturated carbocycles. The minimum atomic E-state index is -5.09. The van der Waals surface area contributed by atoms with E-state index in [0.29, 0.717) is 36.3 Å². The maximum Gasteiger partial charge on any atom is 0.416 e. The van der Waals surface area contributed by atoms with E-state index in [0.717, 1.165) is 0 Å². The zero-order chi connectivity index (χ0) is 26.2. The number of carbonyl (C=O) groups excluding carboxylic acids is 2. The largest absolute Gasteiger partial charge is 0.416 e. The van der Waals surface area contributed by atoms with Crippen LogP contribution in [0.15, 0.2) is 41.3 Å². The van der Waals surface area contributed by atoms with Crippen molar-refractivity contribution >= 4 is 33.0 Å². The van der Waals surface area contributed by atoms with E-state index in [2.05, 4.69) is 0 Å². The third-order valence-corrected chi connectivity index (χ3v) is 7.09. The van der Waals surface area contributed by atoms with E-state index in [1.807, 2.05) is 5.32 Å². The molecule has 35 heavy (non-hydrogen) atoms. The molecule has 1 heterocycles. The lowest BCUT2D eigenvalue weighted by molar-refractivity contribution is -0.143. The summed E-state index contributed by atoms with van der Waals surface area (Å²) in [6.45, 7) is 2.11. The molecule has 3 rings (SSSR count). The molecule has 1 aliphatic rings. The molecule has 0 aliphatic carbocycles. The molecule has 0 unspecified atom stereocenters. The van der Waals surface area contributed by atoms with Crippen LogP contribution in [0.2, 0.25) is 0 Å². The summed E-state index contributed by atoms with van der Waals surface area (Å²) in [5.41, 5.74) is -2.74. The molecule has 0 saturated heterocycles. The zero-order valence-corrected chi connectivity index (χ0v) is 19.1. The van der Waals surface area contributed by atoms with Crippen LogP contribution in [-0.4, -0.2) is 32.5 Å². The van der Waals surface area contributed by atoms with Crippen molar-refractivity contribution in [3.63, 3.8) is 0 Å². The molecular weight excluding hydrogens is 502 g/mol. The van der Waals surface area contributed by atoms with Crippen LogP contribution < -0.4 is 10.2 Å². The Balaban J connectivity index is 1.73. The van der Waals surface area contributed by atoms with Gasteiger partial charge < -0.3 is 10.2 Å². The number of nitrogens with zero attached hydrogens (tertiary/aromatic N) is 1. The summed E-state index contributed by atoms with van der Waals surface area (Å²) < 4.78 is 103. The number of amides is 2. The van der Waals surface area contributed by atoms with Crippen molar-refractivity contribution in [3.8, 4) is 0 Å². The minimum Gasteiger partial charge on any atom is -0.326 e. The minimum absolute atomic E-state index is 0.0802. The van der Waals surface area contributed by atoms with Crippen LogP contribution in [0.3, 0.4) is 0 Å². The second-order valence-corrected chi connectivity index (χ2v) is 9.96. The first-order valence-corrected chi connectivity index (χ1v) is 12.0. The van der Waals surface area contributed by atoms with E-state index in [1.165, 1.54) is 18.2 Å². The molecule has 0 aromatic heterocycles. The van der Waals surface area contributed by atoms with Crippen molar-refractivity contribution in [2.75, 3.05) is 22.5 Å². The molecule has 6 nitrogen and oxygen atoms in total. The standard InChI is InChI=1S/C22H20F6N2O4S/c1-2-20(32)30-7-5-13-9-17(3-4-18(13)30)35(33,34)8-6-19(31)29-16-11-14(21(23,24)25)10-15(12-16)22(26,27)28/h3-4,9-12H,2,5-8H2,1H3,(H,29,31). The van der Waals surface area contributed by atoms with E-state index >= 15 is 0 Å². The molecule has 0 fully saturated rings. The predicted octanol–water partition coefficient (Wildman–Crippen LogP) is 4.83. The first-order chi connectivity index (χ1) is 16.1. The van der Waals surface area contributed by atoms with Crippen LogP contribution in [0.1, 0.15) is 36.5 Å². The number of halogens is 6. The summed E-state index contributed by atoms with van der Waals surface area (Å²) in [5, 5.41) is 1.91. The Kier molecular flexibility index (Phi) is 7.21. The van der Waals surface area contributed by atoms with Gasteiger partial charge in [0.1, 0.15) is 0 Å². The van der Waals surface area contributed by atoms with Gasteiger partial charge in [-0.3, -0.25) is 9.59 Å². The van der Waals surface area contributed by atoms with Crippen LogP contribution in [0.25, 0.3) is 0 Å². The van der Waals surface area contributed by atoms with Gasteiger partial charge in [0.15, 0.2) is 9.84 Å². The topological polar surface area (TPSA) is 83.6 Å². The van der Waals surface area contributed by atoms with Crippen molar-refractivity contribution < 1.29 is 44.3 Å². The summed E-state index contributed by atoms with van der Waals surface area (Å²) in [6.07, 6.45) is -10.1. The summed E-state index contributed by atoms with van der Waals surface area (Å²) in [7, 11) is -4.00. The Labute approximate surface area is 196 Å². The highest BCUT2D eigenvalue weighted by molar-refractivity contribution is 7.91. The lowest BCUT2D eigenvalue weighted by Gasteiger charge is -2.16. The average Bonchev–Trinajstić information content (AvgIpc) is 3.19. The maximum absolute atomic E-state index is 13.0. The van der Waals surface area contributed by atoms with E-state index in [1.54, 1.807) is 11.8 Å². The zero-order valence-electron chi connectivity index (χ0n) is 18.3. The molecule has 13 heteroatoms. The fourth-order valence-corrected chi connectivity index (χ4v) is 4.90. The number of rotatable bonds is 6. The van der Waals surface area contributed by atoms with Crippen LogP contribution in [0.5, 0.6) is 0 Å². The van der Waals surface area contributed by atoms with Crippen LogP contribution in [-0.2, 0) is 38.2 Å². The van der Waals surface area contributed by atoms with E-state index in [-0.39, 0.29) is 23.3 Å². The van der Waals surface area contributed by atoms with Gasteiger partial charge in [0.05, 0.1) is 21.8 Å². The third kappa shape index (κ3) is 6.13. The summed E-state index contributed by atoms with van der Waals surface area (Å²) >= 11 is 0. The molecule has 0 spiro atoms. The van der Waals surface area contributed by atoms with Gasteiger partial charge >= 0.3 is 12.4 Å². The molecular formula is C22H20F6N2O4S. The average molecular weight is 522 g/mol. The normalized spacial score (nSPS) is 14.1. The number of benzene rings is 2. The number of nitrogens with one attached hydrogen (secondary N) is 1. The second kappa shape index (κ2) is 9.51. The molecule has 0 bridgehead atoms. The Bertz CT molecular complexity index is 1220. The van der Waals surface area contributed by atoms with Crippen LogP contribution >= 0.6 is 0 Å².